The number of hydrogen-bond donors (Lipinski definition) is 19. The number of aliphatic hydroxyl groups is 16. The van der Waals surface area contributed by atoms with Gasteiger partial charge in [0, 0.05) is 12.3 Å². The largest absolute Gasteiger partial charge is 0.479 e. The second-order valence-electron chi connectivity index (χ2n) is 32.1. The molecule has 1 amide bonds. The van der Waals surface area contributed by atoms with Crippen LogP contribution in [0.25, 0.3) is 0 Å². The second kappa shape index (κ2) is 30.5. The fourth-order valence-electron chi connectivity index (χ4n) is 20.2. The number of nitrogens with one attached hydrogen (secondary N) is 1. The van der Waals surface area contributed by atoms with Crippen molar-refractivity contribution in [3.8, 4) is 0 Å². The number of aliphatic carboxylic acids is 1. The van der Waals surface area contributed by atoms with Crippen LogP contribution in [0.2, 0.25) is 0 Å². The highest BCUT2D eigenvalue weighted by molar-refractivity contribution is 5.80. The zero-order valence-corrected chi connectivity index (χ0v) is 58.1. The number of aliphatic hydroxyl groups excluding tert-OH is 16. The summed E-state index contributed by atoms with van der Waals surface area (Å²) in [6.07, 6.45) is -44.4. The Hall–Kier alpha value is -3.30. The van der Waals surface area contributed by atoms with E-state index >= 15 is 4.79 Å². The van der Waals surface area contributed by atoms with E-state index in [0.29, 0.717) is 57.9 Å². The predicted octanol–water partition coefficient (Wildman–Crippen LogP) is -6.37. The van der Waals surface area contributed by atoms with E-state index in [4.69, 9.17) is 62.6 Å². The molecule has 0 aromatic heterocycles. The average Bonchev–Trinajstić information content (AvgIpc) is 1.45. The predicted molar refractivity (Wildman–Crippen MR) is 339 cm³/mol. The summed E-state index contributed by atoms with van der Waals surface area (Å²) in [6, 6.07) is -1.43. The summed E-state index contributed by atoms with van der Waals surface area (Å²) in [5.41, 5.74) is 2.65. The zero-order valence-electron chi connectivity index (χ0n) is 58.1. The molecule has 6 aliphatic heterocycles. The molecule has 6 saturated heterocycles. The number of aldehydes is 1. The number of allylic oxidation sites excluding steroid dienone is 2. The van der Waals surface area contributed by atoms with Crippen LogP contribution in [0.5, 0.6) is 0 Å². The van der Waals surface area contributed by atoms with E-state index in [2.05, 4.69) is 39.1 Å². The molecule has 0 aromatic carbocycles. The van der Waals surface area contributed by atoms with Gasteiger partial charge < -0.3 is 159 Å². The molecule has 103 heavy (non-hydrogen) atoms. The first-order chi connectivity index (χ1) is 48.7. The lowest BCUT2D eigenvalue weighted by atomic mass is 9.43. The number of hydrogen-bond acceptors (Lipinski definition) is 33. The van der Waals surface area contributed by atoms with Crippen molar-refractivity contribution in [2.24, 2.45) is 62.4 Å². The van der Waals surface area contributed by atoms with Crippen LogP contribution in [-0.2, 0) is 76.0 Å². The van der Waals surface area contributed by atoms with E-state index in [-0.39, 0.29) is 37.5 Å². The number of amides is 1. The number of fused-ring (bicyclic) bond motifs is 6. The van der Waals surface area contributed by atoms with Crippen LogP contribution in [0.15, 0.2) is 11.6 Å². The maximum atomic E-state index is 15.9. The van der Waals surface area contributed by atoms with Crippen LogP contribution in [0, 0.1) is 56.7 Å². The molecule has 0 bridgehead atoms. The second-order valence-corrected chi connectivity index (χ2v) is 32.1. The molecule has 12 aliphatic rings. The highest BCUT2D eigenvalue weighted by Crippen LogP contribution is 2.89. The number of esters is 1. The standard InChI is InChI=1S/C68H106N2O33/c1-25-50(98-57-45(84)39(78)31(74)23-92-57)44(83)48(87)59(94-25)101-53-42(81)38(70-37(77)9-7-6-8-16-69)34(21-72)96-61(53)103-63(91)67-15-14-64(2,3)18-30(67)27-10-13-68-29(55(68)65(27,4)19-36(67)76)17-28-26(20-71)33(11-12-66(28,68)5)95-62-54(102-60-47(86)43(82)41(80)35(22-73)97-60)51(49(88)52(100-62)56(89)90)99-58-46(85)40(79)32(75)24-93-58/h10,20,25-26,28-36,38-55,57-62,72-76,78-88H,6-9,11-19,21-24,69H2,1-5H3,(H,70,77)(H,89,90)/t25-,26-,28+,29?,30?,31?,32-,33+,34+,35?,36+,38?,39?,40+,41+,42?,43+,44?,45?,46+,47+,48?,49+,50?,51+,52?,53?,54+,55+,57+,58?,59+,60?,61+,62?,65-,66?,67?,68?/m1/s1. The van der Waals surface area contributed by atoms with Crippen LogP contribution < -0.4 is 11.1 Å². The first-order valence-electron chi connectivity index (χ1n) is 36.1. The van der Waals surface area contributed by atoms with E-state index in [0.717, 1.165) is 11.9 Å². The maximum Gasteiger partial charge on any atom is 0.335 e. The first-order valence-corrected chi connectivity index (χ1v) is 36.1. The Balaban J connectivity index is 0.804. The lowest BCUT2D eigenvalue weighted by Crippen LogP contribution is -2.68. The molecule has 39 atom stereocenters. The van der Waals surface area contributed by atoms with Crippen LogP contribution in [0.1, 0.15) is 112 Å². The average molecular weight is 1480 g/mol. The number of unbranched alkanes of at least 4 members (excludes halogenated alkanes) is 2. The quantitative estimate of drug-likeness (QED) is 0.0158. The summed E-state index contributed by atoms with van der Waals surface area (Å²) in [4.78, 5) is 56.2. The van der Waals surface area contributed by atoms with Crippen LogP contribution >= 0.6 is 0 Å². The molecule has 586 valence electrons. The van der Waals surface area contributed by atoms with E-state index < -0.39 is 273 Å². The third-order valence-electron chi connectivity index (χ3n) is 25.8. The van der Waals surface area contributed by atoms with Crippen molar-refractivity contribution in [2.75, 3.05) is 33.0 Å². The number of nitrogens with two attached hydrogens (primary N) is 1. The monoisotopic (exact) mass is 1480 g/mol. The topological polar surface area (TPSA) is 561 Å². The summed E-state index contributed by atoms with van der Waals surface area (Å²) in [5.74, 6) is -5.40. The van der Waals surface area contributed by atoms with Gasteiger partial charge in [0.15, 0.2) is 43.7 Å². The van der Waals surface area contributed by atoms with Crippen molar-refractivity contribution in [1.82, 2.24) is 5.32 Å². The Morgan fingerprint density at radius 2 is 1.21 bits per heavy atom. The van der Waals surface area contributed by atoms with Gasteiger partial charge in [0.1, 0.15) is 122 Å². The molecule has 6 aliphatic carbocycles. The Labute approximate surface area is 593 Å². The molecule has 0 aromatic rings. The van der Waals surface area contributed by atoms with Crippen LogP contribution in [-0.4, -0.2) is 328 Å². The fraction of sp³-hybridized carbons (Fsp3) is 0.912. The van der Waals surface area contributed by atoms with Gasteiger partial charge in [-0.1, -0.05) is 45.8 Å². The summed E-state index contributed by atoms with van der Waals surface area (Å²) < 4.78 is 72.3. The maximum absolute atomic E-state index is 15.9. The molecular weight excluding hydrogens is 1370 g/mol. The van der Waals surface area contributed by atoms with Gasteiger partial charge in [-0.25, -0.2) is 4.79 Å². The highest BCUT2D eigenvalue weighted by Gasteiger charge is 2.85. The van der Waals surface area contributed by atoms with Crippen molar-refractivity contribution < 1.29 is 163 Å². The Morgan fingerprint density at radius 1 is 0.612 bits per heavy atom. The van der Waals surface area contributed by atoms with E-state index in [1.165, 1.54) is 6.92 Å². The molecular formula is C68H106N2O33. The lowest BCUT2D eigenvalue weighted by molar-refractivity contribution is -0.389. The lowest BCUT2D eigenvalue weighted by Gasteiger charge is -2.61. The minimum absolute atomic E-state index is 0.00889. The third-order valence-corrected chi connectivity index (χ3v) is 25.8. The fourth-order valence-corrected chi connectivity index (χ4v) is 20.2. The molecule has 35 heteroatoms. The molecule has 12 rings (SSSR count). The van der Waals surface area contributed by atoms with Gasteiger partial charge in [0.05, 0.1) is 50.8 Å². The highest BCUT2D eigenvalue weighted by atomic mass is 16.8. The van der Waals surface area contributed by atoms with Crippen molar-refractivity contribution in [3.63, 3.8) is 0 Å². The van der Waals surface area contributed by atoms with Gasteiger partial charge >= 0.3 is 11.9 Å². The normalized spacial score (nSPS) is 52.2. The van der Waals surface area contributed by atoms with Gasteiger partial charge in [0.2, 0.25) is 12.2 Å². The number of carbonyl (C=O) groups is 4. The summed E-state index contributed by atoms with van der Waals surface area (Å²) >= 11 is 0. The van der Waals surface area contributed by atoms with Crippen LogP contribution in [0.3, 0.4) is 0 Å². The van der Waals surface area contributed by atoms with E-state index in [9.17, 15) is 101 Å². The van der Waals surface area contributed by atoms with E-state index in [1.807, 2.05) is 0 Å². The summed E-state index contributed by atoms with van der Waals surface area (Å²) in [7, 11) is 0. The molecule has 19 unspecified atom stereocenters. The minimum atomic E-state index is -2.21. The number of carbonyl (C=O) groups excluding carboxylic acids is 3. The number of carboxylic acid groups (broad SMARTS) is 1. The molecule has 6 heterocycles. The molecule has 0 radical (unpaired) electrons. The Morgan fingerprint density at radius 3 is 1.84 bits per heavy atom. The smallest absolute Gasteiger partial charge is 0.335 e. The van der Waals surface area contributed by atoms with Gasteiger partial charge in [-0.2, -0.15) is 0 Å². The third kappa shape index (κ3) is 13.8. The summed E-state index contributed by atoms with van der Waals surface area (Å²) in [5, 5.41) is 190. The number of carboxylic acids is 1. The molecule has 35 nitrogen and oxygen atoms in total. The first kappa shape index (κ1) is 79.3. The zero-order chi connectivity index (χ0) is 74.6. The van der Waals surface area contributed by atoms with Crippen molar-refractivity contribution >= 4 is 24.1 Å². The van der Waals surface area contributed by atoms with Crippen molar-refractivity contribution in [2.45, 2.75) is 296 Å². The molecule has 20 N–H and O–H groups in total. The SMILES string of the molecule is C[C@H]1O[C@@H](OC2C(O)C(NC(=O)CCCCCN)[C@H](CO)O[C@H]2OC(=O)C23CCC(C)(C)CC2C2=CCC45C(C[C@H]6[C@@H](C=O)[C@@H](OC7OC(C(=O)O)[C@@H](O)[C@H](OC8OC[C@@H](O)[C@H](O)[C@@H]8O)[C@@H]7OC7OC(CO)[C@H](O)[C@H](O)[C@@H]7O)CCC64C)[C@H]5[C@]2(C)C[C@@H]3O)C(O)C(O)C1O[C@@H]1OCC(O)C(O)C1O. The van der Waals surface area contributed by atoms with Gasteiger partial charge in [-0.05, 0) is 123 Å². The van der Waals surface area contributed by atoms with Gasteiger partial charge in [-0.15, -0.1) is 0 Å². The Bertz CT molecular complexity index is 3030. The number of rotatable bonds is 22. The molecule has 1 spiro atoms. The van der Waals surface area contributed by atoms with Crippen molar-refractivity contribution in [1.29, 1.82) is 0 Å². The summed E-state index contributed by atoms with van der Waals surface area (Å²) in [6.45, 7) is 7.41. The minimum Gasteiger partial charge on any atom is -0.479 e. The van der Waals surface area contributed by atoms with Crippen molar-refractivity contribution in [3.05, 3.63) is 11.6 Å². The van der Waals surface area contributed by atoms with E-state index in [1.54, 1.807) is 0 Å². The van der Waals surface area contributed by atoms with Crippen LogP contribution in [0.4, 0.5) is 0 Å². The molecule has 11 fully saturated rings. The van der Waals surface area contributed by atoms with Gasteiger partial charge in [0.25, 0.3) is 0 Å². The molecule has 5 saturated carbocycles. The number of ether oxygens (including phenoxy) is 12. The Kier molecular flexibility index (Phi) is 23.5. The van der Waals surface area contributed by atoms with Gasteiger partial charge in [-0.3, -0.25) is 9.59 Å².